The lowest BCUT2D eigenvalue weighted by Gasteiger charge is -2.11. The van der Waals surface area contributed by atoms with E-state index in [0.717, 1.165) is 17.7 Å². The molecular formula is C18H16F3N7. The largest absolute Gasteiger partial charge is 0.416 e. The highest BCUT2D eigenvalue weighted by atomic mass is 19.4. The Morgan fingerprint density at radius 3 is 2.32 bits per heavy atom. The number of halogens is 3. The summed E-state index contributed by atoms with van der Waals surface area (Å²) in [5, 5.41) is 9.56. The Morgan fingerprint density at radius 1 is 0.893 bits per heavy atom. The van der Waals surface area contributed by atoms with Crippen LogP contribution < -0.4 is 16.1 Å². The van der Waals surface area contributed by atoms with Gasteiger partial charge in [-0.05, 0) is 23.8 Å². The van der Waals surface area contributed by atoms with Gasteiger partial charge >= 0.3 is 6.18 Å². The zero-order chi connectivity index (χ0) is 20.0. The average Bonchev–Trinajstić information content (AvgIpc) is 2.68. The number of benzene rings is 2. The van der Waals surface area contributed by atoms with E-state index in [1.54, 1.807) is 13.3 Å². The van der Waals surface area contributed by atoms with Gasteiger partial charge < -0.3 is 10.6 Å². The first-order chi connectivity index (χ1) is 13.4. The van der Waals surface area contributed by atoms with Crippen LogP contribution >= 0.6 is 0 Å². The second-order valence-corrected chi connectivity index (χ2v) is 5.54. The molecule has 1 heterocycles. The number of alkyl halides is 3. The molecule has 0 aliphatic carbocycles. The number of anilines is 4. The van der Waals surface area contributed by atoms with Crippen molar-refractivity contribution in [2.24, 2.45) is 5.10 Å². The Kier molecular flexibility index (Phi) is 5.68. The summed E-state index contributed by atoms with van der Waals surface area (Å²) in [4.78, 5) is 12.3. The monoisotopic (exact) mass is 387 g/mol. The van der Waals surface area contributed by atoms with Crippen molar-refractivity contribution in [3.8, 4) is 0 Å². The standard InChI is InChI=1S/C18H16F3N7/c1-22-15-25-16(24-14-9-5-8-13(10-14)18(19,20)21)27-17(26-15)28-23-11-12-6-3-2-4-7-12/h2-11H,1H3,(H3,22,24,25,26,27,28)/b23-11+. The molecule has 144 valence electrons. The van der Waals surface area contributed by atoms with Crippen LogP contribution in [0.5, 0.6) is 0 Å². The third kappa shape index (κ3) is 5.16. The van der Waals surface area contributed by atoms with Crippen LogP contribution in [0, 0.1) is 0 Å². The van der Waals surface area contributed by atoms with Crippen molar-refractivity contribution in [1.29, 1.82) is 0 Å². The van der Waals surface area contributed by atoms with Crippen molar-refractivity contribution in [2.75, 3.05) is 23.1 Å². The van der Waals surface area contributed by atoms with E-state index in [4.69, 9.17) is 0 Å². The van der Waals surface area contributed by atoms with Crippen LogP contribution in [0.4, 0.5) is 36.7 Å². The summed E-state index contributed by atoms with van der Waals surface area (Å²) in [6.07, 6.45) is -2.85. The van der Waals surface area contributed by atoms with E-state index in [2.05, 4.69) is 36.1 Å². The molecule has 7 nitrogen and oxygen atoms in total. The van der Waals surface area contributed by atoms with Gasteiger partial charge in [-0.15, -0.1) is 0 Å². The van der Waals surface area contributed by atoms with Crippen LogP contribution in [-0.4, -0.2) is 28.2 Å². The molecule has 3 rings (SSSR count). The number of hydrazone groups is 1. The van der Waals surface area contributed by atoms with E-state index in [1.807, 2.05) is 30.3 Å². The van der Waals surface area contributed by atoms with Crippen molar-refractivity contribution in [1.82, 2.24) is 15.0 Å². The number of nitrogens with one attached hydrogen (secondary N) is 3. The third-order valence-corrected chi connectivity index (χ3v) is 3.48. The summed E-state index contributed by atoms with van der Waals surface area (Å²) in [5.74, 6) is 0.416. The molecule has 28 heavy (non-hydrogen) atoms. The minimum Gasteiger partial charge on any atom is -0.357 e. The number of aromatic nitrogens is 3. The SMILES string of the molecule is CNc1nc(N/N=C/c2ccccc2)nc(Nc2cccc(C(F)(F)F)c2)n1. The van der Waals surface area contributed by atoms with E-state index in [9.17, 15) is 13.2 Å². The first-order valence-electron chi connectivity index (χ1n) is 8.16. The zero-order valence-corrected chi connectivity index (χ0v) is 14.7. The Hall–Kier alpha value is -3.69. The molecule has 0 saturated carbocycles. The lowest BCUT2D eigenvalue weighted by atomic mass is 10.2. The van der Waals surface area contributed by atoms with Crippen LogP contribution in [0.15, 0.2) is 59.7 Å². The summed E-state index contributed by atoms with van der Waals surface area (Å²) in [5.41, 5.74) is 2.98. The molecule has 1 aromatic heterocycles. The van der Waals surface area contributed by atoms with Crippen LogP contribution in [0.3, 0.4) is 0 Å². The summed E-state index contributed by atoms with van der Waals surface area (Å²) in [6, 6.07) is 14.1. The van der Waals surface area contributed by atoms with Crippen molar-refractivity contribution in [3.05, 3.63) is 65.7 Å². The lowest BCUT2D eigenvalue weighted by Crippen LogP contribution is -2.08. The topological polar surface area (TPSA) is 87.1 Å². The van der Waals surface area contributed by atoms with Gasteiger partial charge in [0, 0.05) is 12.7 Å². The summed E-state index contributed by atoms with van der Waals surface area (Å²) in [7, 11) is 1.61. The molecular weight excluding hydrogens is 371 g/mol. The summed E-state index contributed by atoms with van der Waals surface area (Å²) in [6.45, 7) is 0. The van der Waals surface area contributed by atoms with Crippen LogP contribution in [0.2, 0.25) is 0 Å². The Bertz CT molecular complexity index is 959. The predicted octanol–water partition coefficient (Wildman–Crippen LogP) is 4.12. The predicted molar refractivity (Wildman–Crippen MR) is 102 cm³/mol. The number of hydrogen-bond donors (Lipinski definition) is 3. The van der Waals surface area contributed by atoms with Gasteiger partial charge in [0.15, 0.2) is 0 Å². The molecule has 0 amide bonds. The molecule has 2 aromatic carbocycles. The molecule has 3 aromatic rings. The number of nitrogens with zero attached hydrogens (tertiary/aromatic N) is 4. The maximum atomic E-state index is 12.9. The van der Waals surface area contributed by atoms with Crippen LogP contribution in [0.25, 0.3) is 0 Å². The highest BCUT2D eigenvalue weighted by Crippen LogP contribution is 2.31. The molecule has 0 saturated heterocycles. The normalized spacial score (nSPS) is 11.4. The number of rotatable bonds is 6. The molecule has 10 heteroatoms. The Morgan fingerprint density at radius 2 is 1.61 bits per heavy atom. The van der Waals surface area contributed by atoms with Gasteiger partial charge in [0.25, 0.3) is 0 Å². The second kappa shape index (κ2) is 8.33. The fraction of sp³-hybridized carbons (Fsp3) is 0.111. The van der Waals surface area contributed by atoms with Crippen molar-refractivity contribution < 1.29 is 13.2 Å². The Balaban J connectivity index is 1.78. The molecule has 0 radical (unpaired) electrons. The molecule has 0 aliphatic rings. The fourth-order valence-electron chi connectivity index (χ4n) is 2.20. The minimum atomic E-state index is -4.44. The average molecular weight is 387 g/mol. The maximum absolute atomic E-state index is 12.9. The van der Waals surface area contributed by atoms with E-state index in [0.29, 0.717) is 0 Å². The van der Waals surface area contributed by atoms with Crippen molar-refractivity contribution in [2.45, 2.75) is 6.18 Å². The van der Waals surface area contributed by atoms with Crippen molar-refractivity contribution >= 4 is 29.7 Å². The van der Waals surface area contributed by atoms with Gasteiger partial charge in [0.2, 0.25) is 17.8 Å². The van der Waals surface area contributed by atoms with Crippen molar-refractivity contribution in [3.63, 3.8) is 0 Å². The first-order valence-corrected chi connectivity index (χ1v) is 8.16. The third-order valence-electron chi connectivity index (χ3n) is 3.48. The van der Waals surface area contributed by atoms with E-state index in [1.165, 1.54) is 12.1 Å². The van der Waals surface area contributed by atoms with Crippen LogP contribution in [-0.2, 0) is 6.18 Å². The summed E-state index contributed by atoms with van der Waals surface area (Å²) >= 11 is 0. The fourth-order valence-corrected chi connectivity index (χ4v) is 2.20. The second-order valence-electron chi connectivity index (χ2n) is 5.54. The van der Waals surface area contributed by atoms with Gasteiger partial charge in [0.1, 0.15) is 0 Å². The van der Waals surface area contributed by atoms with E-state index < -0.39 is 11.7 Å². The van der Waals surface area contributed by atoms with E-state index >= 15 is 0 Å². The van der Waals surface area contributed by atoms with Crippen LogP contribution in [0.1, 0.15) is 11.1 Å². The highest BCUT2D eigenvalue weighted by Gasteiger charge is 2.30. The van der Waals surface area contributed by atoms with Gasteiger partial charge in [-0.25, -0.2) is 5.43 Å². The minimum absolute atomic E-state index is 0.0658. The zero-order valence-electron chi connectivity index (χ0n) is 14.7. The number of hydrogen-bond acceptors (Lipinski definition) is 7. The van der Waals surface area contributed by atoms with Gasteiger partial charge in [-0.1, -0.05) is 36.4 Å². The summed E-state index contributed by atoms with van der Waals surface area (Å²) < 4.78 is 38.6. The Labute approximate surface area is 158 Å². The molecule has 0 spiro atoms. The lowest BCUT2D eigenvalue weighted by molar-refractivity contribution is -0.137. The van der Waals surface area contributed by atoms with Gasteiger partial charge in [0.05, 0.1) is 11.8 Å². The maximum Gasteiger partial charge on any atom is 0.416 e. The molecule has 0 bridgehead atoms. The molecule has 0 atom stereocenters. The first kappa shape index (κ1) is 19.1. The molecule has 3 N–H and O–H groups in total. The molecule has 0 aliphatic heterocycles. The highest BCUT2D eigenvalue weighted by molar-refractivity contribution is 5.79. The van der Waals surface area contributed by atoms with Gasteiger partial charge in [-0.3, -0.25) is 0 Å². The smallest absolute Gasteiger partial charge is 0.357 e. The van der Waals surface area contributed by atoms with E-state index in [-0.39, 0.29) is 23.5 Å². The quantitative estimate of drug-likeness (QED) is 0.436. The molecule has 0 fully saturated rings. The van der Waals surface area contributed by atoms with Gasteiger partial charge in [-0.2, -0.15) is 33.2 Å². The molecule has 0 unspecified atom stereocenters.